The predicted molar refractivity (Wildman–Crippen MR) is 87.3 cm³/mol. The Bertz CT molecular complexity index is 582. The van der Waals surface area contributed by atoms with E-state index < -0.39 is 11.6 Å². The van der Waals surface area contributed by atoms with Crippen molar-refractivity contribution in [2.45, 2.75) is 52.1 Å². The Morgan fingerprint density at radius 1 is 1.29 bits per heavy atom. The van der Waals surface area contributed by atoms with Gasteiger partial charge in [-0.15, -0.1) is 0 Å². The van der Waals surface area contributed by atoms with Crippen LogP contribution in [0.3, 0.4) is 0 Å². The van der Waals surface area contributed by atoms with Gasteiger partial charge in [0.15, 0.2) is 0 Å². The molecule has 0 radical (unpaired) electrons. The molecule has 4 nitrogen and oxygen atoms in total. The van der Waals surface area contributed by atoms with E-state index in [0.29, 0.717) is 12.8 Å². The van der Waals surface area contributed by atoms with Crippen molar-refractivity contribution in [3.8, 4) is 0 Å². The second-order valence-corrected chi connectivity index (χ2v) is 6.44. The molecule has 1 N–H and O–H groups in total. The van der Waals surface area contributed by atoms with Crippen LogP contribution in [0.15, 0.2) is 22.7 Å². The predicted octanol–water partition coefficient (Wildman–Crippen LogP) is 3.17. The van der Waals surface area contributed by atoms with E-state index in [2.05, 4.69) is 21.2 Å². The molecule has 1 unspecified atom stereocenters. The summed E-state index contributed by atoms with van der Waals surface area (Å²) in [5, 5.41) is 2.91. The molecule has 1 aliphatic rings. The Kier molecular flexibility index (Phi) is 4.42. The van der Waals surface area contributed by atoms with Crippen molar-refractivity contribution >= 4 is 33.4 Å². The summed E-state index contributed by atoms with van der Waals surface area (Å²) in [5.41, 5.74) is 1.05. The average Bonchev–Trinajstić information content (AvgIpc) is 2.45. The summed E-state index contributed by atoms with van der Waals surface area (Å²) in [7, 11) is 0. The third-order valence-electron chi connectivity index (χ3n) is 4.33. The summed E-state index contributed by atoms with van der Waals surface area (Å²) in [4.78, 5) is 26.9. The van der Waals surface area contributed by atoms with Gasteiger partial charge in [0.05, 0.1) is 5.69 Å². The van der Waals surface area contributed by atoms with E-state index in [0.717, 1.165) is 15.7 Å². The van der Waals surface area contributed by atoms with Crippen LogP contribution in [0.2, 0.25) is 0 Å². The van der Waals surface area contributed by atoms with Gasteiger partial charge in [-0.3, -0.25) is 14.5 Å². The molecule has 1 aromatic carbocycles. The summed E-state index contributed by atoms with van der Waals surface area (Å²) in [6.07, 6.45) is 1.17. The Balaban J connectivity index is 2.53. The molecule has 0 bridgehead atoms. The number of halogens is 1. The molecule has 2 amide bonds. The lowest BCUT2D eigenvalue weighted by molar-refractivity contribution is -0.138. The van der Waals surface area contributed by atoms with Gasteiger partial charge in [0, 0.05) is 4.47 Å². The highest BCUT2D eigenvalue weighted by Crippen LogP contribution is 2.34. The zero-order valence-corrected chi connectivity index (χ0v) is 14.5. The fraction of sp³-hybridized carbons (Fsp3) is 0.500. The smallest absolute Gasteiger partial charge is 0.253 e. The van der Waals surface area contributed by atoms with Gasteiger partial charge in [0.1, 0.15) is 11.6 Å². The van der Waals surface area contributed by atoms with Crippen molar-refractivity contribution in [2.24, 2.45) is 0 Å². The van der Waals surface area contributed by atoms with Crippen LogP contribution in [-0.2, 0) is 9.59 Å². The van der Waals surface area contributed by atoms with E-state index in [9.17, 15) is 9.59 Å². The first-order valence-electron chi connectivity index (χ1n) is 7.28. The SMILES string of the molecule is CCC1(CC)NC(=O)C(C)N(c2ccc(C)cc2Br)C1=O. The Hall–Kier alpha value is -1.36. The number of carbonyl (C=O) groups excluding carboxylic acids is 2. The van der Waals surface area contributed by atoms with Gasteiger partial charge in [-0.1, -0.05) is 19.9 Å². The molecule has 1 aliphatic heterocycles. The fourth-order valence-electron chi connectivity index (χ4n) is 2.77. The number of hydrogen-bond acceptors (Lipinski definition) is 2. The quantitative estimate of drug-likeness (QED) is 0.908. The van der Waals surface area contributed by atoms with Gasteiger partial charge in [0.25, 0.3) is 5.91 Å². The van der Waals surface area contributed by atoms with Crippen molar-refractivity contribution in [1.82, 2.24) is 5.32 Å². The van der Waals surface area contributed by atoms with Crippen LogP contribution in [-0.4, -0.2) is 23.4 Å². The maximum atomic E-state index is 13.0. The molecule has 114 valence electrons. The Morgan fingerprint density at radius 2 is 1.90 bits per heavy atom. The lowest BCUT2D eigenvalue weighted by Crippen LogP contribution is -2.69. The summed E-state index contributed by atoms with van der Waals surface area (Å²) in [6, 6.07) is 5.29. The number of piperazine rings is 1. The second-order valence-electron chi connectivity index (χ2n) is 5.58. The number of nitrogens with one attached hydrogen (secondary N) is 1. The first-order chi connectivity index (χ1) is 9.86. The standard InChI is InChI=1S/C16H21BrN2O2/c1-5-16(6-2)15(21)19(11(4)14(20)18-16)13-8-7-10(3)9-12(13)17/h7-9,11H,5-6H2,1-4H3,(H,18,20). The summed E-state index contributed by atoms with van der Waals surface area (Å²) in [6.45, 7) is 7.61. The molecular weight excluding hydrogens is 332 g/mol. The van der Waals surface area contributed by atoms with E-state index in [4.69, 9.17) is 0 Å². The van der Waals surface area contributed by atoms with Crippen LogP contribution in [0.5, 0.6) is 0 Å². The number of carbonyl (C=O) groups is 2. The normalized spacial score (nSPS) is 21.4. The summed E-state index contributed by atoms with van der Waals surface area (Å²) >= 11 is 3.51. The van der Waals surface area contributed by atoms with Crippen LogP contribution in [0, 0.1) is 6.92 Å². The van der Waals surface area contributed by atoms with E-state index in [-0.39, 0.29) is 11.8 Å². The number of amides is 2. The van der Waals surface area contributed by atoms with Crippen molar-refractivity contribution in [2.75, 3.05) is 4.90 Å². The highest BCUT2D eigenvalue weighted by molar-refractivity contribution is 9.10. The van der Waals surface area contributed by atoms with Crippen LogP contribution < -0.4 is 10.2 Å². The first-order valence-corrected chi connectivity index (χ1v) is 8.07. The van der Waals surface area contributed by atoms with Crippen LogP contribution in [0.1, 0.15) is 39.2 Å². The molecule has 2 rings (SSSR count). The van der Waals surface area contributed by atoms with Crippen molar-refractivity contribution in [3.63, 3.8) is 0 Å². The molecule has 1 atom stereocenters. The van der Waals surface area contributed by atoms with E-state index in [1.807, 2.05) is 39.0 Å². The molecule has 0 saturated carbocycles. The second kappa shape index (κ2) is 5.79. The number of benzene rings is 1. The minimum absolute atomic E-state index is 0.0378. The van der Waals surface area contributed by atoms with Gasteiger partial charge >= 0.3 is 0 Å². The lowest BCUT2D eigenvalue weighted by atomic mass is 9.87. The Labute approximate surface area is 134 Å². The molecule has 21 heavy (non-hydrogen) atoms. The van der Waals surface area contributed by atoms with Crippen LogP contribution in [0.25, 0.3) is 0 Å². The highest BCUT2D eigenvalue weighted by Gasteiger charge is 2.48. The van der Waals surface area contributed by atoms with E-state index in [1.54, 1.807) is 11.8 Å². The first kappa shape index (κ1) is 16.0. The summed E-state index contributed by atoms with van der Waals surface area (Å²) < 4.78 is 0.832. The topological polar surface area (TPSA) is 49.4 Å². The zero-order valence-electron chi connectivity index (χ0n) is 12.9. The van der Waals surface area contributed by atoms with Gasteiger partial charge < -0.3 is 5.32 Å². The Morgan fingerprint density at radius 3 is 2.43 bits per heavy atom. The number of aryl methyl sites for hydroxylation is 1. The lowest BCUT2D eigenvalue weighted by Gasteiger charge is -2.44. The monoisotopic (exact) mass is 352 g/mol. The molecule has 5 heteroatoms. The minimum Gasteiger partial charge on any atom is -0.340 e. The van der Waals surface area contributed by atoms with Gasteiger partial charge in [-0.25, -0.2) is 0 Å². The maximum absolute atomic E-state index is 13.0. The van der Waals surface area contributed by atoms with Crippen LogP contribution in [0.4, 0.5) is 5.69 Å². The third-order valence-corrected chi connectivity index (χ3v) is 4.96. The van der Waals surface area contributed by atoms with Gasteiger partial charge in [-0.05, 0) is 60.3 Å². The number of anilines is 1. The van der Waals surface area contributed by atoms with Crippen molar-refractivity contribution in [1.29, 1.82) is 0 Å². The van der Waals surface area contributed by atoms with Crippen molar-refractivity contribution in [3.05, 3.63) is 28.2 Å². The number of hydrogen-bond donors (Lipinski definition) is 1. The molecule has 1 fully saturated rings. The molecule has 1 aromatic rings. The molecule has 0 spiro atoms. The molecule has 1 heterocycles. The van der Waals surface area contributed by atoms with Crippen LogP contribution >= 0.6 is 15.9 Å². The van der Waals surface area contributed by atoms with E-state index >= 15 is 0 Å². The average molecular weight is 353 g/mol. The molecule has 1 saturated heterocycles. The third kappa shape index (κ3) is 2.59. The molecule has 0 aromatic heterocycles. The van der Waals surface area contributed by atoms with E-state index in [1.165, 1.54) is 0 Å². The largest absolute Gasteiger partial charge is 0.340 e. The number of nitrogens with zero attached hydrogens (tertiary/aromatic N) is 1. The molecule has 0 aliphatic carbocycles. The highest BCUT2D eigenvalue weighted by atomic mass is 79.9. The maximum Gasteiger partial charge on any atom is 0.253 e. The summed E-state index contributed by atoms with van der Waals surface area (Å²) in [5.74, 6) is -0.144. The van der Waals surface area contributed by atoms with Gasteiger partial charge in [-0.2, -0.15) is 0 Å². The zero-order chi connectivity index (χ0) is 15.8. The minimum atomic E-state index is -0.798. The van der Waals surface area contributed by atoms with Crippen molar-refractivity contribution < 1.29 is 9.59 Å². The number of rotatable bonds is 3. The van der Waals surface area contributed by atoms with Gasteiger partial charge in [0.2, 0.25) is 5.91 Å². The molecular formula is C16H21BrN2O2. The fourth-order valence-corrected chi connectivity index (χ4v) is 3.46.